The molecule has 3 rings (SSSR count). The van der Waals surface area contributed by atoms with E-state index in [2.05, 4.69) is 15.0 Å². The van der Waals surface area contributed by atoms with Crippen molar-refractivity contribution in [2.24, 2.45) is 0 Å². The topological polar surface area (TPSA) is 114 Å². The van der Waals surface area contributed by atoms with E-state index in [0.717, 1.165) is 0 Å². The molecule has 0 aromatic carbocycles. The molecule has 2 N–H and O–H groups in total. The number of nitrogens with two attached hydrogens (primary N) is 1. The third-order valence-electron chi connectivity index (χ3n) is 3.39. The zero-order valence-corrected chi connectivity index (χ0v) is 11.6. The van der Waals surface area contributed by atoms with Crippen molar-refractivity contribution in [1.29, 1.82) is 0 Å². The van der Waals surface area contributed by atoms with Gasteiger partial charge in [-0.05, 0) is 0 Å². The molecule has 3 heterocycles. The highest BCUT2D eigenvalue weighted by molar-refractivity contribution is 5.90. The fourth-order valence-electron chi connectivity index (χ4n) is 2.43. The Morgan fingerprint density at radius 2 is 2.19 bits per heavy atom. The van der Waals surface area contributed by atoms with Crippen molar-refractivity contribution in [3.63, 3.8) is 0 Å². The Morgan fingerprint density at radius 3 is 2.90 bits per heavy atom. The Morgan fingerprint density at radius 1 is 1.38 bits per heavy atom. The van der Waals surface area contributed by atoms with Crippen LogP contribution in [0.1, 0.15) is 6.23 Å². The fraction of sp³-hybridized carbons (Fsp3) is 0.500. The number of nitrogen functional groups attached to an aromatic ring is 1. The quantitative estimate of drug-likeness (QED) is 0.805. The van der Waals surface area contributed by atoms with E-state index in [1.165, 1.54) is 31.4 Å². The summed E-state index contributed by atoms with van der Waals surface area (Å²) in [4.78, 5) is 24.5. The summed E-state index contributed by atoms with van der Waals surface area (Å²) >= 11 is 0. The van der Waals surface area contributed by atoms with E-state index in [0.29, 0.717) is 11.2 Å². The van der Waals surface area contributed by atoms with Crippen molar-refractivity contribution >= 4 is 22.8 Å². The third kappa shape index (κ3) is 2.15. The molecule has 2 aromatic rings. The maximum atomic E-state index is 12.4. The van der Waals surface area contributed by atoms with Gasteiger partial charge >= 0.3 is 0 Å². The molecule has 112 valence electrons. The van der Waals surface area contributed by atoms with E-state index in [-0.39, 0.29) is 18.2 Å². The Kier molecular flexibility index (Phi) is 3.53. The Hall–Kier alpha value is -2.10. The van der Waals surface area contributed by atoms with Crippen LogP contribution < -0.4 is 5.73 Å². The van der Waals surface area contributed by atoms with E-state index in [4.69, 9.17) is 19.9 Å². The van der Waals surface area contributed by atoms with Crippen LogP contribution in [0.4, 0.5) is 5.82 Å². The Labute approximate surface area is 120 Å². The van der Waals surface area contributed by atoms with Crippen LogP contribution in [-0.2, 0) is 19.0 Å². The number of carbonyl (C=O) groups is 1. The summed E-state index contributed by atoms with van der Waals surface area (Å²) in [6.07, 6.45) is 0.741. The predicted octanol–water partition coefficient (Wildman–Crippen LogP) is -0.464. The number of hydrogen-bond acceptors (Lipinski definition) is 8. The molecule has 1 saturated heterocycles. The number of rotatable bonds is 4. The Balaban J connectivity index is 1.99. The summed E-state index contributed by atoms with van der Waals surface area (Å²) in [5, 5.41) is 0. The van der Waals surface area contributed by atoms with Crippen LogP contribution in [0.5, 0.6) is 0 Å². The van der Waals surface area contributed by atoms with Crippen molar-refractivity contribution < 1.29 is 19.0 Å². The molecule has 3 atom stereocenters. The standard InChI is InChI=1S/C12H15N5O4/c1-19-3-6-9(20-2)8(18)12(21-6)17-5-16-7-10(13)14-4-15-11(7)17/h4-6,9,12H,3H2,1-2H3,(H2,13,14,15)/t6-,9?,12-/m1/s1. The zero-order chi connectivity index (χ0) is 15.0. The lowest BCUT2D eigenvalue weighted by molar-refractivity contribution is -0.131. The molecular formula is C12H15N5O4. The molecule has 9 nitrogen and oxygen atoms in total. The van der Waals surface area contributed by atoms with Gasteiger partial charge in [0.25, 0.3) is 0 Å². The number of ketones is 1. The lowest BCUT2D eigenvalue weighted by Gasteiger charge is -2.14. The summed E-state index contributed by atoms with van der Waals surface area (Å²) in [7, 11) is 3.00. The summed E-state index contributed by atoms with van der Waals surface area (Å²) in [6.45, 7) is 0.254. The SMILES string of the molecule is COC[C@H]1O[C@@H](n2cnc3c(N)ncnc32)C(=O)C1OC. The largest absolute Gasteiger partial charge is 0.382 e. The molecule has 21 heavy (non-hydrogen) atoms. The number of anilines is 1. The maximum Gasteiger partial charge on any atom is 0.213 e. The molecule has 1 unspecified atom stereocenters. The molecule has 0 spiro atoms. The van der Waals surface area contributed by atoms with Crippen LogP contribution in [0.15, 0.2) is 12.7 Å². The fourth-order valence-corrected chi connectivity index (χ4v) is 2.43. The number of aromatic nitrogens is 4. The third-order valence-corrected chi connectivity index (χ3v) is 3.39. The van der Waals surface area contributed by atoms with Crippen LogP contribution in [-0.4, -0.2) is 58.3 Å². The lowest BCUT2D eigenvalue weighted by Crippen LogP contribution is -2.32. The number of nitrogens with zero attached hydrogens (tertiary/aromatic N) is 4. The number of imidazole rings is 1. The zero-order valence-electron chi connectivity index (χ0n) is 11.6. The Bertz CT molecular complexity index is 673. The first-order valence-corrected chi connectivity index (χ1v) is 6.31. The lowest BCUT2D eigenvalue weighted by atomic mass is 10.1. The molecule has 0 amide bonds. The molecule has 2 aromatic heterocycles. The number of methoxy groups -OCH3 is 2. The van der Waals surface area contributed by atoms with Crippen molar-refractivity contribution in [2.45, 2.75) is 18.4 Å². The van der Waals surface area contributed by atoms with Gasteiger partial charge in [0.2, 0.25) is 5.78 Å². The second-order valence-corrected chi connectivity index (χ2v) is 4.62. The van der Waals surface area contributed by atoms with Gasteiger partial charge in [0.05, 0.1) is 12.9 Å². The number of fused-ring (bicyclic) bond motifs is 1. The number of hydrogen-bond donors (Lipinski definition) is 1. The van der Waals surface area contributed by atoms with E-state index in [1.54, 1.807) is 0 Å². The smallest absolute Gasteiger partial charge is 0.213 e. The number of Topliss-reactive ketones (excluding diaryl/α,β-unsaturated/α-hetero) is 1. The molecule has 9 heteroatoms. The highest BCUT2D eigenvalue weighted by Gasteiger charge is 2.45. The monoisotopic (exact) mass is 293 g/mol. The second kappa shape index (κ2) is 5.35. The van der Waals surface area contributed by atoms with Gasteiger partial charge in [0.15, 0.2) is 17.7 Å². The highest BCUT2D eigenvalue weighted by atomic mass is 16.6. The van der Waals surface area contributed by atoms with Crippen LogP contribution in [0, 0.1) is 0 Å². The number of ether oxygens (including phenoxy) is 3. The molecule has 1 aliphatic heterocycles. The van der Waals surface area contributed by atoms with Crippen molar-refractivity contribution in [1.82, 2.24) is 19.5 Å². The van der Waals surface area contributed by atoms with Crippen molar-refractivity contribution in [3.8, 4) is 0 Å². The maximum absolute atomic E-state index is 12.4. The van der Waals surface area contributed by atoms with Crippen molar-refractivity contribution in [2.75, 3.05) is 26.6 Å². The molecule has 1 aliphatic rings. The summed E-state index contributed by atoms with van der Waals surface area (Å²) in [6, 6.07) is 0. The van der Waals surface area contributed by atoms with Gasteiger partial charge in [-0.15, -0.1) is 0 Å². The van der Waals surface area contributed by atoms with Gasteiger partial charge in [-0.2, -0.15) is 0 Å². The molecule has 0 bridgehead atoms. The van der Waals surface area contributed by atoms with Gasteiger partial charge in [0.1, 0.15) is 24.1 Å². The van der Waals surface area contributed by atoms with E-state index in [9.17, 15) is 4.79 Å². The predicted molar refractivity (Wildman–Crippen MR) is 71.3 cm³/mol. The molecule has 0 radical (unpaired) electrons. The van der Waals surface area contributed by atoms with E-state index >= 15 is 0 Å². The molecule has 0 saturated carbocycles. The molecule has 1 fully saturated rings. The van der Waals surface area contributed by atoms with Crippen LogP contribution in [0.3, 0.4) is 0 Å². The van der Waals surface area contributed by atoms with Crippen LogP contribution in [0.2, 0.25) is 0 Å². The van der Waals surface area contributed by atoms with Crippen LogP contribution in [0.25, 0.3) is 11.2 Å². The minimum absolute atomic E-state index is 0.212. The minimum atomic E-state index is -0.866. The summed E-state index contributed by atoms with van der Waals surface area (Å²) in [5.41, 5.74) is 6.60. The summed E-state index contributed by atoms with van der Waals surface area (Å²) in [5.74, 6) is 0.0389. The second-order valence-electron chi connectivity index (χ2n) is 4.62. The minimum Gasteiger partial charge on any atom is -0.382 e. The van der Waals surface area contributed by atoms with Crippen LogP contribution >= 0.6 is 0 Å². The average Bonchev–Trinajstić information content (AvgIpc) is 3.02. The normalized spacial score (nSPS) is 25.8. The average molecular weight is 293 g/mol. The molecular weight excluding hydrogens is 278 g/mol. The van der Waals surface area contributed by atoms with E-state index < -0.39 is 18.4 Å². The van der Waals surface area contributed by atoms with Crippen molar-refractivity contribution in [3.05, 3.63) is 12.7 Å². The first-order valence-electron chi connectivity index (χ1n) is 6.31. The van der Waals surface area contributed by atoms with Gasteiger partial charge in [-0.1, -0.05) is 0 Å². The van der Waals surface area contributed by atoms with E-state index in [1.807, 2.05) is 0 Å². The summed E-state index contributed by atoms with van der Waals surface area (Å²) < 4.78 is 17.5. The molecule has 0 aliphatic carbocycles. The van der Waals surface area contributed by atoms with Gasteiger partial charge < -0.3 is 19.9 Å². The first-order chi connectivity index (χ1) is 10.2. The van der Waals surface area contributed by atoms with Gasteiger partial charge in [0, 0.05) is 14.2 Å². The highest BCUT2D eigenvalue weighted by Crippen LogP contribution is 2.30. The van der Waals surface area contributed by atoms with Gasteiger partial charge in [-0.25, -0.2) is 15.0 Å². The number of carbonyl (C=O) groups excluding carboxylic acids is 1. The first kappa shape index (κ1) is 13.9. The van der Waals surface area contributed by atoms with Gasteiger partial charge in [-0.3, -0.25) is 9.36 Å².